The molecule has 19 heteroatoms. The van der Waals surface area contributed by atoms with Gasteiger partial charge in [0, 0.05) is 25.7 Å². The minimum Gasteiger partial charge on any atom is -0.462 e. The summed E-state index contributed by atoms with van der Waals surface area (Å²) < 4.78 is 68.4. The van der Waals surface area contributed by atoms with E-state index < -0.39 is 97.5 Å². The van der Waals surface area contributed by atoms with Crippen LogP contribution in [0.5, 0.6) is 0 Å². The molecule has 106 heavy (non-hydrogen) atoms. The van der Waals surface area contributed by atoms with Gasteiger partial charge in [-0.15, -0.1) is 0 Å². The van der Waals surface area contributed by atoms with Crippen molar-refractivity contribution in [2.24, 2.45) is 0 Å². The van der Waals surface area contributed by atoms with Crippen LogP contribution in [0.3, 0.4) is 0 Å². The van der Waals surface area contributed by atoms with Crippen LogP contribution < -0.4 is 0 Å². The Hall–Kier alpha value is -5.58. The highest BCUT2D eigenvalue weighted by molar-refractivity contribution is 7.47. The van der Waals surface area contributed by atoms with E-state index in [9.17, 15) is 43.2 Å². The molecule has 0 saturated heterocycles. The Bertz CT molecular complexity index is 2680. The van der Waals surface area contributed by atoms with Gasteiger partial charge in [-0.1, -0.05) is 301 Å². The normalized spacial score (nSPS) is 14.7. The van der Waals surface area contributed by atoms with Gasteiger partial charge in [0.2, 0.25) is 0 Å². The summed E-state index contributed by atoms with van der Waals surface area (Å²) in [6, 6.07) is 0. The predicted octanol–water partition coefficient (Wildman–Crippen LogP) is 23.8. The molecule has 0 saturated carbocycles. The van der Waals surface area contributed by atoms with Crippen molar-refractivity contribution in [1.29, 1.82) is 0 Å². The summed E-state index contributed by atoms with van der Waals surface area (Å²) in [6.07, 6.45) is 92.2. The average molecular weight is 1520 g/mol. The summed E-state index contributed by atoms with van der Waals surface area (Å²) in [7, 11) is -10.0. The fraction of sp³-hybridized carbons (Fsp3) is 0.632. The number of hydrogen-bond donors (Lipinski definition) is 3. The highest BCUT2D eigenvalue weighted by atomic mass is 31.2. The number of carbonyl (C=O) groups excluding carboxylic acids is 4. The maximum absolute atomic E-state index is 13.1. The fourth-order valence-electron chi connectivity index (χ4n) is 10.1. The van der Waals surface area contributed by atoms with E-state index in [1.165, 1.54) is 89.9 Å². The molecule has 17 nitrogen and oxygen atoms in total. The average Bonchev–Trinajstić information content (AvgIpc) is 0.901. The highest BCUT2D eigenvalue weighted by Gasteiger charge is 2.30. The molecule has 0 aliphatic heterocycles. The minimum atomic E-state index is -5.02. The van der Waals surface area contributed by atoms with Crippen molar-refractivity contribution in [3.8, 4) is 0 Å². The van der Waals surface area contributed by atoms with Crippen LogP contribution in [-0.4, -0.2) is 96.7 Å². The monoisotopic (exact) mass is 1520 g/mol. The van der Waals surface area contributed by atoms with Gasteiger partial charge in [-0.05, 0) is 141 Å². The number of esters is 4. The first-order chi connectivity index (χ1) is 51.7. The topological polar surface area (TPSA) is 237 Å². The van der Waals surface area contributed by atoms with E-state index in [0.717, 1.165) is 109 Å². The van der Waals surface area contributed by atoms with Crippen LogP contribution in [-0.2, 0) is 65.4 Å². The van der Waals surface area contributed by atoms with Crippen LogP contribution in [0.25, 0.3) is 0 Å². The second-order valence-corrected chi connectivity index (χ2v) is 29.2. The minimum absolute atomic E-state index is 0.00000140. The number of phosphoric ester groups is 2. The number of rotatable bonds is 74. The number of phosphoric acid groups is 2. The third-order valence-electron chi connectivity index (χ3n) is 16.2. The first kappa shape index (κ1) is 100. The van der Waals surface area contributed by atoms with Crippen LogP contribution in [0.1, 0.15) is 297 Å². The molecule has 0 heterocycles. The molecule has 0 aromatic heterocycles. The van der Waals surface area contributed by atoms with Crippen molar-refractivity contribution in [1.82, 2.24) is 0 Å². The van der Waals surface area contributed by atoms with Crippen LogP contribution in [0.4, 0.5) is 0 Å². The van der Waals surface area contributed by atoms with E-state index >= 15 is 0 Å². The van der Waals surface area contributed by atoms with Gasteiger partial charge in [0.25, 0.3) is 0 Å². The summed E-state index contributed by atoms with van der Waals surface area (Å²) in [5.41, 5.74) is 0. The molecule has 602 valence electrons. The molecule has 0 spiro atoms. The zero-order valence-electron chi connectivity index (χ0n) is 65.8. The van der Waals surface area contributed by atoms with E-state index in [2.05, 4.69) is 155 Å². The number of aliphatic hydroxyl groups excluding tert-OH is 1. The molecule has 5 atom stereocenters. The zero-order chi connectivity index (χ0) is 77.4. The molecule has 0 aliphatic rings. The molecule has 0 rings (SSSR count). The van der Waals surface area contributed by atoms with Gasteiger partial charge in [0.15, 0.2) is 12.2 Å². The van der Waals surface area contributed by atoms with Crippen molar-refractivity contribution >= 4 is 39.5 Å². The second-order valence-electron chi connectivity index (χ2n) is 26.3. The second kappa shape index (κ2) is 77.6. The van der Waals surface area contributed by atoms with Crippen LogP contribution in [0, 0.1) is 0 Å². The van der Waals surface area contributed by atoms with Crippen LogP contribution >= 0.6 is 15.6 Å². The molecule has 2 unspecified atom stereocenters. The summed E-state index contributed by atoms with van der Waals surface area (Å²) in [5.74, 6) is -2.41. The van der Waals surface area contributed by atoms with Crippen molar-refractivity contribution in [2.75, 3.05) is 39.6 Å². The van der Waals surface area contributed by atoms with Crippen molar-refractivity contribution < 1.29 is 80.2 Å². The Morgan fingerprint density at radius 2 is 0.519 bits per heavy atom. The Kier molecular flexibility index (Phi) is 73.5. The van der Waals surface area contributed by atoms with Crippen LogP contribution in [0.15, 0.2) is 170 Å². The quantitative estimate of drug-likeness (QED) is 0.0169. The Morgan fingerprint density at radius 1 is 0.274 bits per heavy atom. The lowest BCUT2D eigenvalue weighted by atomic mass is 10.0. The first-order valence-electron chi connectivity index (χ1n) is 40.4. The maximum atomic E-state index is 13.1. The van der Waals surface area contributed by atoms with E-state index in [4.69, 9.17) is 37.0 Å². The van der Waals surface area contributed by atoms with Gasteiger partial charge in [-0.2, -0.15) is 0 Å². The van der Waals surface area contributed by atoms with E-state index in [0.29, 0.717) is 44.9 Å². The smallest absolute Gasteiger partial charge is 0.462 e. The number of aliphatic hydroxyl groups is 1. The van der Waals surface area contributed by atoms with Gasteiger partial charge in [0.05, 0.1) is 26.4 Å². The molecule has 3 N–H and O–H groups in total. The molecular weight excluding hydrogens is 1380 g/mol. The predicted molar refractivity (Wildman–Crippen MR) is 436 cm³/mol. The third-order valence-corrected chi connectivity index (χ3v) is 18.1. The number of carbonyl (C=O) groups is 4. The first-order valence-corrected chi connectivity index (χ1v) is 43.4. The zero-order valence-corrected chi connectivity index (χ0v) is 67.6. The molecule has 0 aromatic rings. The molecule has 0 aliphatic carbocycles. The third kappa shape index (κ3) is 76.6. The van der Waals surface area contributed by atoms with E-state index in [-0.39, 0.29) is 25.7 Å². The van der Waals surface area contributed by atoms with Gasteiger partial charge < -0.3 is 33.8 Å². The fourth-order valence-corrected chi connectivity index (χ4v) is 11.6. The van der Waals surface area contributed by atoms with Gasteiger partial charge >= 0.3 is 39.5 Å². The summed E-state index contributed by atoms with van der Waals surface area (Å²) in [4.78, 5) is 73.0. The Labute approximate surface area is 642 Å². The highest BCUT2D eigenvalue weighted by Crippen LogP contribution is 2.45. The van der Waals surface area contributed by atoms with Crippen LogP contribution in [0.2, 0.25) is 0 Å². The summed E-state index contributed by atoms with van der Waals surface area (Å²) in [6.45, 7) is 4.48. The number of ether oxygens (including phenoxy) is 4. The lowest BCUT2D eigenvalue weighted by Gasteiger charge is -2.21. The molecule has 0 radical (unpaired) electrons. The van der Waals surface area contributed by atoms with Crippen molar-refractivity contribution in [3.63, 3.8) is 0 Å². The number of allylic oxidation sites excluding steroid dienone is 28. The molecule has 0 aromatic carbocycles. The number of hydrogen-bond acceptors (Lipinski definition) is 15. The van der Waals surface area contributed by atoms with Crippen molar-refractivity contribution in [3.05, 3.63) is 170 Å². The molecule has 0 fully saturated rings. The van der Waals surface area contributed by atoms with Gasteiger partial charge in [-0.3, -0.25) is 37.3 Å². The SMILES string of the molecule is CC/C=C\C/C=C\C/C=C\C/C=C\C/C=C\C/C=C\CCC(=O)O[C@H](COC(=O)CCCCCCCCCCCCCCC)COP(=O)(O)OC[C@H](O)COP(=O)(O)OC[C@@H](COC(=O)CCC/C=C\C/C=C\C/C=C\C/C=C\CCCCC)OC(=O)CCC/C=C\C/C=C\C/C=C\C/C=C\CCCCC. The van der Waals surface area contributed by atoms with Gasteiger partial charge in [0.1, 0.15) is 19.3 Å². The summed E-state index contributed by atoms with van der Waals surface area (Å²) in [5, 5.41) is 10.6. The molecule has 0 amide bonds. The van der Waals surface area contributed by atoms with Crippen molar-refractivity contribution in [2.45, 2.75) is 316 Å². The van der Waals surface area contributed by atoms with Gasteiger partial charge in [-0.25, -0.2) is 9.13 Å². The molecule has 0 bridgehead atoms. The standard InChI is InChI=1S/C87H142O17P2/c1-5-9-13-17-21-25-29-33-36-39-40-43-46-50-54-58-62-66-70-74-87(92)103-82(77-97-84(89)71-67-63-59-55-51-47-32-28-24-20-16-12-8-4)79-101-105(93,94)99-75-81(88)76-100-106(95,96)102-80-83(104-86(91)73-69-65-61-57-53-49-45-42-38-35-31-27-23-19-15-11-7-3)78-98-85(90)72-68-64-60-56-52-48-44-41-37-34-30-26-22-18-14-10-6-2/h9,13,21-23,25-27,33-38,40,43-45,48-50,54,56-57,60-62,66,81-83,88H,5-8,10-12,14-20,24,28-32,39,41-42,46-47,51-53,55,58-59,63-65,67-80H2,1-4H3,(H,93,94)(H,95,96)/b13-9-,25-21-,26-22-,27-23-,36-33-,37-34-,38-35-,43-40-,48-44-,49-45-,54-50-,60-56-,61-57-,66-62-/t81-,82+,83+/m0/s1. The largest absolute Gasteiger partial charge is 0.472 e. The maximum Gasteiger partial charge on any atom is 0.472 e. The Balaban J connectivity index is 5.54. The van der Waals surface area contributed by atoms with E-state index in [1.807, 2.05) is 42.5 Å². The lowest BCUT2D eigenvalue weighted by Crippen LogP contribution is -2.30. The Morgan fingerprint density at radius 3 is 0.849 bits per heavy atom. The lowest BCUT2D eigenvalue weighted by molar-refractivity contribution is -0.161. The summed E-state index contributed by atoms with van der Waals surface area (Å²) >= 11 is 0. The van der Waals surface area contributed by atoms with E-state index in [1.54, 1.807) is 0 Å². The molecular formula is C87H142O17P2. The number of unbranched alkanes of at least 4 members (excludes halogenated alkanes) is 20.